The average molecular weight is 180 g/mol. The molecule has 0 aromatic rings. The van der Waals surface area contributed by atoms with E-state index in [1.807, 2.05) is 0 Å². The summed E-state index contributed by atoms with van der Waals surface area (Å²) in [5.41, 5.74) is 11.4. The average Bonchev–Trinajstić information content (AvgIpc) is 2.73. The third-order valence-corrected chi connectivity index (χ3v) is 3.81. The monoisotopic (exact) mass is 180 g/mol. The summed E-state index contributed by atoms with van der Waals surface area (Å²) in [5, 5.41) is 0. The number of nitrogens with two attached hydrogens (primary N) is 2. The van der Waals surface area contributed by atoms with Gasteiger partial charge in [0.05, 0.1) is 0 Å². The zero-order valence-corrected chi connectivity index (χ0v) is 8.15. The molecular weight excluding hydrogens is 160 g/mol. The van der Waals surface area contributed by atoms with Crippen LogP contribution < -0.4 is 11.5 Å². The van der Waals surface area contributed by atoms with Crippen LogP contribution in [0, 0.1) is 23.7 Å². The fourth-order valence-electron chi connectivity index (χ4n) is 3.16. The van der Waals surface area contributed by atoms with Gasteiger partial charge in [0.1, 0.15) is 0 Å². The van der Waals surface area contributed by atoms with Gasteiger partial charge in [0.2, 0.25) is 0 Å². The molecule has 0 amide bonds. The molecule has 0 aliphatic heterocycles. The van der Waals surface area contributed by atoms with Crippen LogP contribution in [0.4, 0.5) is 0 Å². The fourth-order valence-corrected chi connectivity index (χ4v) is 3.16. The van der Waals surface area contributed by atoms with E-state index in [4.69, 9.17) is 11.5 Å². The normalized spacial score (nSPS) is 41.7. The molecule has 0 radical (unpaired) electrons. The van der Waals surface area contributed by atoms with Crippen molar-refractivity contribution in [1.82, 2.24) is 0 Å². The first kappa shape index (κ1) is 9.22. The standard InChI is InChI=1S/C11H20N2/c12-5-1-2-10-8-3-4-9(6-8)11(10)7-13/h3-4,8-11H,1-2,5-7,12-13H2. The van der Waals surface area contributed by atoms with Gasteiger partial charge in [0, 0.05) is 0 Å². The molecule has 2 rings (SSSR count). The molecule has 2 nitrogen and oxygen atoms in total. The quantitative estimate of drug-likeness (QED) is 0.637. The van der Waals surface area contributed by atoms with Crippen molar-refractivity contribution in [3.63, 3.8) is 0 Å². The van der Waals surface area contributed by atoms with Crippen molar-refractivity contribution in [2.45, 2.75) is 19.3 Å². The Hall–Kier alpha value is -0.340. The van der Waals surface area contributed by atoms with E-state index in [9.17, 15) is 0 Å². The second-order valence-corrected chi connectivity index (χ2v) is 4.44. The Morgan fingerprint density at radius 2 is 1.77 bits per heavy atom. The number of fused-ring (bicyclic) bond motifs is 2. The summed E-state index contributed by atoms with van der Waals surface area (Å²) < 4.78 is 0. The van der Waals surface area contributed by atoms with E-state index in [0.29, 0.717) is 0 Å². The summed E-state index contributed by atoms with van der Waals surface area (Å²) in [6, 6.07) is 0. The van der Waals surface area contributed by atoms with E-state index in [-0.39, 0.29) is 0 Å². The van der Waals surface area contributed by atoms with Crippen LogP contribution in [-0.4, -0.2) is 13.1 Å². The molecule has 4 N–H and O–H groups in total. The van der Waals surface area contributed by atoms with Crippen LogP contribution in [0.2, 0.25) is 0 Å². The third kappa shape index (κ3) is 1.53. The molecule has 4 unspecified atom stereocenters. The summed E-state index contributed by atoms with van der Waals surface area (Å²) in [6.07, 6.45) is 8.58. The first-order valence-corrected chi connectivity index (χ1v) is 5.45. The molecule has 2 bridgehead atoms. The van der Waals surface area contributed by atoms with Crippen LogP contribution in [0.15, 0.2) is 12.2 Å². The van der Waals surface area contributed by atoms with Gasteiger partial charge < -0.3 is 11.5 Å². The van der Waals surface area contributed by atoms with Crippen molar-refractivity contribution in [3.8, 4) is 0 Å². The Balaban J connectivity index is 1.97. The highest BCUT2D eigenvalue weighted by Gasteiger charge is 2.42. The van der Waals surface area contributed by atoms with Crippen LogP contribution in [0.5, 0.6) is 0 Å². The highest BCUT2D eigenvalue weighted by atomic mass is 14.6. The van der Waals surface area contributed by atoms with Crippen molar-refractivity contribution in [2.24, 2.45) is 35.1 Å². The molecule has 74 valence electrons. The predicted molar refractivity (Wildman–Crippen MR) is 55.1 cm³/mol. The molecule has 1 fully saturated rings. The lowest BCUT2D eigenvalue weighted by atomic mass is 9.80. The Bertz CT molecular complexity index is 200. The number of allylic oxidation sites excluding steroid dienone is 2. The van der Waals surface area contributed by atoms with E-state index in [2.05, 4.69) is 12.2 Å². The smallest absolute Gasteiger partial charge is 0.00404 e. The van der Waals surface area contributed by atoms with Crippen molar-refractivity contribution in [3.05, 3.63) is 12.2 Å². The molecule has 2 heteroatoms. The van der Waals surface area contributed by atoms with Crippen LogP contribution in [0.3, 0.4) is 0 Å². The second-order valence-electron chi connectivity index (χ2n) is 4.44. The largest absolute Gasteiger partial charge is 0.330 e. The van der Waals surface area contributed by atoms with Crippen LogP contribution >= 0.6 is 0 Å². The molecule has 2 aliphatic rings. The van der Waals surface area contributed by atoms with Crippen molar-refractivity contribution in [1.29, 1.82) is 0 Å². The topological polar surface area (TPSA) is 52.0 Å². The summed E-state index contributed by atoms with van der Waals surface area (Å²) in [4.78, 5) is 0. The van der Waals surface area contributed by atoms with Crippen molar-refractivity contribution < 1.29 is 0 Å². The minimum absolute atomic E-state index is 0.751. The summed E-state index contributed by atoms with van der Waals surface area (Å²) in [5.74, 6) is 3.20. The SMILES string of the molecule is NCCCC1C2C=CC(C2)C1CN. The Kier molecular flexibility index (Phi) is 2.70. The third-order valence-electron chi connectivity index (χ3n) is 3.81. The highest BCUT2D eigenvalue weighted by Crippen LogP contribution is 2.49. The Morgan fingerprint density at radius 1 is 1.08 bits per heavy atom. The van der Waals surface area contributed by atoms with Gasteiger partial charge in [-0.1, -0.05) is 12.2 Å². The van der Waals surface area contributed by atoms with Gasteiger partial charge >= 0.3 is 0 Å². The summed E-state index contributed by atoms with van der Waals surface area (Å²) in [6.45, 7) is 1.69. The molecule has 0 heterocycles. The first-order valence-electron chi connectivity index (χ1n) is 5.45. The van der Waals surface area contributed by atoms with Crippen LogP contribution in [0.25, 0.3) is 0 Å². The zero-order valence-electron chi connectivity index (χ0n) is 8.15. The molecular formula is C11H20N2. The molecule has 0 spiro atoms. The lowest BCUT2D eigenvalue weighted by molar-refractivity contribution is 0.294. The molecule has 2 aliphatic carbocycles. The van der Waals surface area contributed by atoms with Gasteiger partial charge in [0.25, 0.3) is 0 Å². The predicted octanol–water partition coefficient (Wildman–Crippen LogP) is 1.12. The van der Waals surface area contributed by atoms with Crippen LogP contribution in [0.1, 0.15) is 19.3 Å². The lowest BCUT2D eigenvalue weighted by Crippen LogP contribution is -2.27. The summed E-state index contributed by atoms with van der Waals surface area (Å²) in [7, 11) is 0. The Labute approximate surface area is 80.4 Å². The minimum Gasteiger partial charge on any atom is -0.330 e. The van der Waals surface area contributed by atoms with Gasteiger partial charge in [-0.2, -0.15) is 0 Å². The molecule has 0 aromatic heterocycles. The maximum atomic E-state index is 5.82. The molecule has 1 saturated carbocycles. The maximum Gasteiger partial charge on any atom is -0.00404 e. The van der Waals surface area contributed by atoms with Gasteiger partial charge in [-0.3, -0.25) is 0 Å². The first-order chi connectivity index (χ1) is 6.36. The van der Waals surface area contributed by atoms with Crippen molar-refractivity contribution >= 4 is 0 Å². The highest BCUT2D eigenvalue weighted by molar-refractivity contribution is 5.13. The zero-order chi connectivity index (χ0) is 9.26. The van der Waals surface area contributed by atoms with Gasteiger partial charge in [-0.25, -0.2) is 0 Å². The molecule has 4 atom stereocenters. The van der Waals surface area contributed by atoms with Gasteiger partial charge in [-0.05, 0) is 56.0 Å². The fraction of sp³-hybridized carbons (Fsp3) is 0.818. The summed E-state index contributed by atoms with van der Waals surface area (Å²) >= 11 is 0. The van der Waals surface area contributed by atoms with E-state index in [1.54, 1.807) is 0 Å². The number of rotatable bonds is 4. The molecule has 0 aromatic carbocycles. The number of hydrogen-bond acceptors (Lipinski definition) is 2. The van der Waals surface area contributed by atoms with E-state index in [0.717, 1.165) is 43.2 Å². The van der Waals surface area contributed by atoms with Gasteiger partial charge in [0.15, 0.2) is 0 Å². The number of hydrogen-bond donors (Lipinski definition) is 2. The molecule has 13 heavy (non-hydrogen) atoms. The van der Waals surface area contributed by atoms with E-state index in [1.165, 1.54) is 12.8 Å². The maximum absolute atomic E-state index is 5.82. The molecule has 0 saturated heterocycles. The second kappa shape index (κ2) is 3.81. The van der Waals surface area contributed by atoms with E-state index >= 15 is 0 Å². The van der Waals surface area contributed by atoms with Crippen molar-refractivity contribution in [2.75, 3.05) is 13.1 Å². The Morgan fingerprint density at radius 3 is 2.38 bits per heavy atom. The lowest BCUT2D eigenvalue weighted by Gasteiger charge is -2.26. The van der Waals surface area contributed by atoms with E-state index < -0.39 is 0 Å². The minimum atomic E-state index is 0.751. The van der Waals surface area contributed by atoms with Gasteiger partial charge in [-0.15, -0.1) is 0 Å². The van der Waals surface area contributed by atoms with Crippen LogP contribution in [-0.2, 0) is 0 Å².